The molecule has 4 aliphatic carbocycles. The SMILES string of the molecule is C[C@]12C[C@H](c3ccc(/C=C\C#N)cc3)C3=C4CCC(=O)C=C4CCC3C1CC[C@@]2(O)C(F)(F)C(F)(F)F. The number of hydrogen-bond acceptors (Lipinski definition) is 3. The summed E-state index contributed by atoms with van der Waals surface area (Å²) < 4.78 is 70.9. The lowest BCUT2D eigenvalue weighted by molar-refractivity contribution is -0.362. The van der Waals surface area contributed by atoms with Crippen molar-refractivity contribution in [3.05, 3.63) is 64.3 Å². The van der Waals surface area contributed by atoms with Crippen LogP contribution in [0.1, 0.15) is 68.9 Å². The summed E-state index contributed by atoms with van der Waals surface area (Å²) in [5, 5.41) is 20.1. The van der Waals surface area contributed by atoms with E-state index in [2.05, 4.69) is 0 Å². The normalized spacial score (nSPS) is 34.1. The highest BCUT2D eigenvalue weighted by Gasteiger charge is 2.79. The van der Waals surface area contributed by atoms with Gasteiger partial charge in [0.25, 0.3) is 0 Å². The van der Waals surface area contributed by atoms with Gasteiger partial charge in [0.05, 0.1) is 6.07 Å². The second-order valence-electron chi connectivity index (χ2n) is 11.1. The number of aliphatic hydroxyl groups is 1. The van der Waals surface area contributed by atoms with E-state index >= 15 is 8.78 Å². The molecule has 0 aliphatic heterocycles. The first kappa shape index (κ1) is 25.8. The zero-order valence-corrected chi connectivity index (χ0v) is 20.4. The van der Waals surface area contributed by atoms with Gasteiger partial charge >= 0.3 is 12.1 Å². The average molecular weight is 518 g/mol. The molecular weight excluding hydrogens is 489 g/mol. The van der Waals surface area contributed by atoms with Gasteiger partial charge < -0.3 is 5.11 Å². The van der Waals surface area contributed by atoms with Crippen LogP contribution in [0.2, 0.25) is 0 Å². The summed E-state index contributed by atoms with van der Waals surface area (Å²) in [6, 6.07) is 9.12. The van der Waals surface area contributed by atoms with E-state index in [1.54, 1.807) is 24.3 Å². The van der Waals surface area contributed by atoms with Gasteiger partial charge in [-0.1, -0.05) is 36.8 Å². The standard InChI is InChI=1S/C29H28F5NO2/c1-26-16-23(18-6-4-17(5-7-18)3-2-14-35)25-21-11-9-20(36)15-19(21)8-10-22(25)24(26)12-13-27(26,37)28(30,31)29(32,33)34/h2-7,15,22-24,37H,8-13,16H2,1H3/b3-2-/t22?,23-,24?,26+,27+/m1/s1. The number of carbonyl (C=O) groups is 1. The smallest absolute Gasteiger partial charge is 0.383 e. The molecule has 196 valence electrons. The minimum absolute atomic E-state index is 0.0451. The van der Waals surface area contributed by atoms with Crippen LogP contribution in [0.4, 0.5) is 22.0 Å². The van der Waals surface area contributed by atoms with E-state index in [9.17, 15) is 23.1 Å². The van der Waals surface area contributed by atoms with E-state index in [-0.39, 0.29) is 24.5 Å². The van der Waals surface area contributed by atoms with Gasteiger partial charge in [0.1, 0.15) is 5.60 Å². The number of halogens is 5. The van der Waals surface area contributed by atoms with Crippen molar-refractivity contribution in [2.75, 3.05) is 0 Å². The molecule has 1 N–H and O–H groups in total. The average Bonchev–Trinajstić information content (AvgIpc) is 3.13. The van der Waals surface area contributed by atoms with Crippen molar-refractivity contribution in [1.29, 1.82) is 5.26 Å². The summed E-state index contributed by atoms with van der Waals surface area (Å²) in [5.41, 5.74) is -0.348. The van der Waals surface area contributed by atoms with E-state index in [1.807, 2.05) is 18.2 Å². The van der Waals surface area contributed by atoms with Gasteiger partial charge in [-0.05, 0) is 84.8 Å². The van der Waals surface area contributed by atoms with Gasteiger partial charge in [-0.25, -0.2) is 0 Å². The third-order valence-electron chi connectivity index (χ3n) is 9.45. The number of fused-ring (bicyclic) bond motifs is 4. The van der Waals surface area contributed by atoms with E-state index in [0.717, 1.165) is 27.8 Å². The summed E-state index contributed by atoms with van der Waals surface area (Å²) in [6.45, 7) is 1.42. The molecule has 0 aromatic heterocycles. The Labute approximate surface area is 212 Å². The Morgan fingerprint density at radius 1 is 1.08 bits per heavy atom. The van der Waals surface area contributed by atoms with Crippen molar-refractivity contribution in [3.8, 4) is 6.07 Å². The number of benzene rings is 1. The maximum absolute atomic E-state index is 15.0. The fraction of sp³-hybridized carbons (Fsp3) is 0.517. The molecular formula is C29H28F5NO2. The Balaban J connectivity index is 1.67. The molecule has 5 rings (SSSR count). The third kappa shape index (κ3) is 3.72. The summed E-state index contributed by atoms with van der Waals surface area (Å²) in [4.78, 5) is 12.1. The molecule has 0 heterocycles. The molecule has 37 heavy (non-hydrogen) atoms. The number of ketones is 1. The number of alkyl halides is 5. The Kier molecular flexibility index (Phi) is 6.02. The van der Waals surface area contributed by atoms with Crippen molar-refractivity contribution in [2.45, 2.75) is 75.5 Å². The van der Waals surface area contributed by atoms with Crippen molar-refractivity contribution >= 4 is 11.9 Å². The topological polar surface area (TPSA) is 61.1 Å². The number of allylic oxidation sites excluding steroid dienone is 5. The maximum Gasteiger partial charge on any atom is 0.456 e. The van der Waals surface area contributed by atoms with Crippen LogP contribution in [-0.4, -0.2) is 28.6 Å². The molecule has 4 aliphatic rings. The van der Waals surface area contributed by atoms with Gasteiger partial charge in [0.2, 0.25) is 0 Å². The molecule has 3 nitrogen and oxygen atoms in total. The molecule has 2 saturated carbocycles. The van der Waals surface area contributed by atoms with Crippen molar-refractivity contribution < 1.29 is 31.9 Å². The molecule has 8 heteroatoms. The number of nitrogens with zero attached hydrogens (tertiary/aromatic N) is 1. The largest absolute Gasteiger partial charge is 0.456 e. The molecule has 0 spiro atoms. The first-order valence-electron chi connectivity index (χ1n) is 12.6. The van der Waals surface area contributed by atoms with Gasteiger partial charge in [-0.15, -0.1) is 0 Å². The Morgan fingerprint density at radius 2 is 1.78 bits per heavy atom. The van der Waals surface area contributed by atoms with Crippen LogP contribution < -0.4 is 0 Å². The predicted molar refractivity (Wildman–Crippen MR) is 127 cm³/mol. The summed E-state index contributed by atoms with van der Waals surface area (Å²) in [5.74, 6) is -6.45. The Hall–Kier alpha value is -2.79. The highest BCUT2D eigenvalue weighted by molar-refractivity contribution is 5.93. The van der Waals surface area contributed by atoms with Crippen LogP contribution in [-0.2, 0) is 4.79 Å². The molecule has 2 unspecified atom stereocenters. The lowest BCUT2D eigenvalue weighted by Crippen LogP contribution is -2.65. The third-order valence-corrected chi connectivity index (χ3v) is 9.45. The summed E-state index contributed by atoms with van der Waals surface area (Å²) in [6.07, 6.45) is 0.155. The first-order chi connectivity index (χ1) is 17.3. The van der Waals surface area contributed by atoms with Crippen LogP contribution in [0, 0.1) is 28.6 Å². The minimum Gasteiger partial charge on any atom is -0.383 e. The van der Waals surface area contributed by atoms with Crippen LogP contribution in [0.3, 0.4) is 0 Å². The highest BCUT2D eigenvalue weighted by atomic mass is 19.4. The second-order valence-corrected chi connectivity index (χ2v) is 11.1. The first-order valence-corrected chi connectivity index (χ1v) is 12.6. The van der Waals surface area contributed by atoms with Gasteiger partial charge in [-0.3, -0.25) is 4.79 Å². The quantitative estimate of drug-likeness (QED) is 0.345. The van der Waals surface area contributed by atoms with Crippen LogP contribution in [0.25, 0.3) is 6.08 Å². The van der Waals surface area contributed by atoms with E-state index < -0.39 is 41.4 Å². The van der Waals surface area contributed by atoms with Crippen molar-refractivity contribution in [2.24, 2.45) is 17.3 Å². The summed E-state index contributed by atoms with van der Waals surface area (Å²) >= 11 is 0. The van der Waals surface area contributed by atoms with Crippen LogP contribution in [0.5, 0.6) is 0 Å². The molecule has 0 bridgehead atoms. The molecule has 5 atom stereocenters. The van der Waals surface area contributed by atoms with Gasteiger partial charge in [0.15, 0.2) is 5.78 Å². The fourth-order valence-electron chi connectivity index (χ4n) is 7.69. The molecule has 0 radical (unpaired) electrons. The molecule has 0 saturated heterocycles. The number of hydrogen-bond donors (Lipinski definition) is 1. The molecule has 1 aromatic carbocycles. The van der Waals surface area contributed by atoms with E-state index in [0.29, 0.717) is 25.7 Å². The summed E-state index contributed by atoms with van der Waals surface area (Å²) in [7, 11) is 0. The Morgan fingerprint density at radius 3 is 2.43 bits per heavy atom. The molecule has 0 amide bonds. The van der Waals surface area contributed by atoms with Gasteiger partial charge in [-0.2, -0.15) is 27.2 Å². The molecule has 2 fully saturated rings. The fourth-order valence-corrected chi connectivity index (χ4v) is 7.69. The Bertz CT molecular complexity index is 1250. The highest BCUT2D eigenvalue weighted by Crippen LogP contribution is 2.70. The molecule has 1 aromatic rings. The number of rotatable bonds is 3. The van der Waals surface area contributed by atoms with Gasteiger partial charge in [0, 0.05) is 23.8 Å². The second kappa shape index (κ2) is 8.62. The van der Waals surface area contributed by atoms with Crippen LogP contribution in [0.15, 0.2) is 53.1 Å². The number of carbonyl (C=O) groups excluding carboxylic acids is 1. The van der Waals surface area contributed by atoms with E-state index in [1.165, 1.54) is 13.0 Å². The van der Waals surface area contributed by atoms with Crippen LogP contribution >= 0.6 is 0 Å². The maximum atomic E-state index is 15.0. The lowest BCUT2D eigenvalue weighted by Gasteiger charge is -2.56. The monoisotopic (exact) mass is 517 g/mol. The van der Waals surface area contributed by atoms with E-state index in [4.69, 9.17) is 5.26 Å². The van der Waals surface area contributed by atoms with Crippen molar-refractivity contribution in [1.82, 2.24) is 0 Å². The van der Waals surface area contributed by atoms with Crippen molar-refractivity contribution in [3.63, 3.8) is 0 Å². The predicted octanol–water partition coefficient (Wildman–Crippen LogP) is 7.05. The minimum atomic E-state index is -5.87. The zero-order chi connectivity index (χ0) is 26.8. The zero-order valence-electron chi connectivity index (χ0n) is 20.4. The lowest BCUT2D eigenvalue weighted by atomic mass is 9.50. The number of nitriles is 1.